The Labute approximate surface area is 201 Å². The van der Waals surface area contributed by atoms with Crippen LogP contribution in [0.5, 0.6) is 17.4 Å². The second-order valence-corrected chi connectivity index (χ2v) is 9.06. The summed E-state index contributed by atoms with van der Waals surface area (Å²) in [5, 5.41) is 0. The SMILES string of the molecule is CCCCCN1C(=O)/C(=C/c2c(Oc3ccc(OC)cc3)nc3ccccn3c2=O)SC1=S. The van der Waals surface area contributed by atoms with Crippen molar-refractivity contribution in [3.63, 3.8) is 0 Å². The molecule has 0 bridgehead atoms. The first-order valence-electron chi connectivity index (χ1n) is 10.6. The van der Waals surface area contributed by atoms with Crippen LogP contribution in [0.4, 0.5) is 0 Å². The van der Waals surface area contributed by atoms with Crippen molar-refractivity contribution in [1.82, 2.24) is 14.3 Å². The number of carbonyl (C=O) groups is 1. The Morgan fingerprint density at radius 2 is 1.85 bits per heavy atom. The van der Waals surface area contributed by atoms with Gasteiger partial charge in [-0.05, 0) is 48.9 Å². The van der Waals surface area contributed by atoms with Crippen LogP contribution >= 0.6 is 24.0 Å². The molecule has 1 amide bonds. The normalized spacial score (nSPS) is 15.0. The number of amides is 1. The van der Waals surface area contributed by atoms with Gasteiger partial charge in [-0.3, -0.25) is 18.9 Å². The zero-order chi connectivity index (χ0) is 23.4. The highest BCUT2D eigenvalue weighted by Crippen LogP contribution is 2.34. The van der Waals surface area contributed by atoms with Crippen molar-refractivity contribution in [1.29, 1.82) is 0 Å². The maximum atomic E-state index is 13.3. The monoisotopic (exact) mass is 481 g/mol. The number of carbonyl (C=O) groups excluding carboxylic acids is 1. The topological polar surface area (TPSA) is 73.1 Å². The Kier molecular flexibility index (Phi) is 7.10. The van der Waals surface area contributed by atoms with E-state index in [2.05, 4.69) is 11.9 Å². The third-order valence-electron chi connectivity index (χ3n) is 5.14. The van der Waals surface area contributed by atoms with E-state index in [1.807, 2.05) is 0 Å². The number of unbranched alkanes of at least 4 members (excludes halogenated alkanes) is 2. The number of thioether (sulfide) groups is 1. The number of rotatable bonds is 8. The van der Waals surface area contributed by atoms with Gasteiger partial charge in [0.25, 0.3) is 11.5 Å². The molecule has 33 heavy (non-hydrogen) atoms. The van der Waals surface area contributed by atoms with Crippen molar-refractivity contribution in [3.05, 3.63) is 69.5 Å². The van der Waals surface area contributed by atoms with Crippen molar-refractivity contribution < 1.29 is 14.3 Å². The van der Waals surface area contributed by atoms with E-state index >= 15 is 0 Å². The van der Waals surface area contributed by atoms with Gasteiger partial charge in [-0.25, -0.2) is 0 Å². The molecule has 1 aliphatic rings. The summed E-state index contributed by atoms with van der Waals surface area (Å²) in [4.78, 5) is 32.8. The van der Waals surface area contributed by atoms with Crippen LogP contribution < -0.4 is 15.0 Å². The second-order valence-electron chi connectivity index (χ2n) is 7.38. The van der Waals surface area contributed by atoms with Crippen LogP contribution in [0.3, 0.4) is 0 Å². The van der Waals surface area contributed by atoms with E-state index in [4.69, 9.17) is 21.7 Å². The molecule has 0 unspecified atom stereocenters. The highest BCUT2D eigenvalue weighted by atomic mass is 32.2. The van der Waals surface area contributed by atoms with Crippen LogP contribution in [-0.2, 0) is 4.79 Å². The predicted molar refractivity (Wildman–Crippen MR) is 134 cm³/mol. The number of methoxy groups -OCH3 is 1. The summed E-state index contributed by atoms with van der Waals surface area (Å²) in [5.41, 5.74) is 0.291. The van der Waals surface area contributed by atoms with E-state index in [1.165, 1.54) is 22.2 Å². The lowest BCUT2D eigenvalue weighted by molar-refractivity contribution is -0.122. The first-order chi connectivity index (χ1) is 16.0. The fourth-order valence-corrected chi connectivity index (χ4v) is 4.67. The summed E-state index contributed by atoms with van der Waals surface area (Å²) in [6, 6.07) is 12.2. The molecule has 2 aromatic heterocycles. The van der Waals surface area contributed by atoms with Gasteiger partial charge in [0.15, 0.2) is 0 Å². The average Bonchev–Trinajstić information content (AvgIpc) is 3.09. The quantitative estimate of drug-likeness (QED) is 0.258. The highest BCUT2D eigenvalue weighted by Gasteiger charge is 2.32. The molecule has 1 saturated heterocycles. The molecule has 1 aliphatic heterocycles. The summed E-state index contributed by atoms with van der Waals surface area (Å²) in [7, 11) is 1.58. The Morgan fingerprint density at radius 3 is 2.58 bits per heavy atom. The first kappa shape index (κ1) is 23.0. The summed E-state index contributed by atoms with van der Waals surface area (Å²) in [6.45, 7) is 2.68. The van der Waals surface area contributed by atoms with Gasteiger partial charge in [0, 0.05) is 12.7 Å². The molecule has 3 heterocycles. The zero-order valence-corrected chi connectivity index (χ0v) is 19.9. The van der Waals surface area contributed by atoms with Crippen molar-refractivity contribution >= 4 is 45.9 Å². The van der Waals surface area contributed by atoms with Gasteiger partial charge >= 0.3 is 0 Å². The maximum absolute atomic E-state index is 13.3. The average molecular weight is 482 g/mol. The largest absolute Gasteiger partial charge is 0.497 e. The lowest BCUT2D eigenvalue weighted by Crippen LogP contribution is -2.29. The number of nitrogens with zero attached hydrogens (tertiary/aromatic N) is 3. The van der Waals surface area contributed by atoms with Gasteiger partial charge in [-0.2, -0.15) is 4.98 Å². The van der Waals surface area contributed by atoms with E-state index in [9.17, 15) is 9.59 Å². The first-order valence-corrected chi connectivity index (χ1v) is 11.8. The molecule has 1 fully saturated rings. The molecule has 0 spiro atoms. The van der Waals surface area contributed by atoms with Gasteiger partial charge in [0.2, 0.25) is 5.88 Å². The third kappa shape index (κ3) is 4.94. The van der Waals surface area contributed by atoms with Crippen molar-refractivity contribution in [3.8, 4) is 17.4 Å². The van der Waals surface area contributed by atoms with Gasteiger partial charge in [-0.15, -0.1) is 0 Å². The molecule has 1 aromatic carbocycles. The highest BCUT2D eigenvalue weighted by molar-refractivity contribution is 8.26. The van der Waals surface area contributed by atoms with Crippen LogP contribution in [0.15, 0.2) is 58.4 Å². The van der Waals surface area contributed by atoms with Gasteiger partial charge in [-0.1, -0.05) is 49.8 Å². The number of ether oxygens (including phenoxy) is 2. The Bertz CT molecular complexity index is 1290. The number of thiocarbonyl (C=S) groups is 1. The number of benzene rings is 1. The van der Waals surface area contributed by atoms with E-state index in [1.54, 1.807) is 60.7 Å². The van der Waals surface area contributed by atoms with Crippen LogP contribution in [0, 0.1) is 0 Å². The van der Waals surface area contributed by atoms with E-state index in [0.717, 1.165) is 19.3 Å². The molecule has 0 saturated carbocycles. The lowest BCUT2D eigenvalue weighted by atomic mass is 10.2. The van der Waals surface area contributed by atoms with Crippen molar-refractivity contribution in [2.45, 2.75) is 26.2 Å². The number of hydrogen-bond donors (Lipinski definition) is 0. The minimum Gasteiger partial charge on any atom is -0.497 e. The second kappa shape index (κ2) is 10.2. The number of pyridine rings is 1. The number of fused-ring (bicyclic) bond motifs is 1. The standard InChI is InChI=1S/C24H23N3O4S2/c1-3-4-6-14-27-23(29)19(33-24(27)32)15-18-21(31-17-11-9-16(30-2)10-12-17)25-20-8-5-7-13-26(20)22(18)28/h5,7-13,15H,3-4,6,14H2,1-2H3/b19-15-. The summed E-state index contributed by atoms with van der Waals surface area (Å²) in [6.07, 6.45) is 6.12. The molecular weight excluding hydrogens is 458 g/mol. The Morgan fingerprint density at radius 1 is 1.09 bits per heavy atom. The van der Waals surface area contributed by atoms with Crippen molar-refractivity contribution in [2.75, 3.05) is 13.7 Å². The third-order valence-corrected chi connectivity index (χ3v) is 6.52. The summed E-state index contributed by atoms with van der Waals surface area (Å²) >= 11 is 6.61. The molecule has 3 aromatic rings. The molecule has 9 heteroatoms. The predicted octanol–water partition coefficient (Wildman–Crippen LogP) is 4.89. The van der Waals surface area contributed by atoms with Gasteiger partial charge in [0.1, 0.15) is 27.0 Å². The molecule has 0 aliphatic carbocycles. The van der Waals surface area contributed by atoms with Gasteiger partial charge in [0.05, 0.1) is 12.0 Å². The van der Waals surface area contributed by atoms with E-state index in [0.29, 0.717) is 32.9 Å². The van der Waals surface area contributed by atoms with Crippen LogP contribution in [0.2, 0.25) is 0 Å². The van der Waals surface area contributed by atoms with E-state index < -0.39 is 0 Å². The van der Waals surface area contributed by atoms with Gasteiger partial charge < -0.3 is 9.47 Å². The smallest absolute Gasteiger partial charge is 0.269 e. The molecule has 7 nitrogen and oxygen atoms in total. The molecule has 0 radical (unpaired) electrons. The summed E-state index contributed by atoms with van der Waals surface area (Å²) in [5.74, 6) is 1.09. The molecule has 0 N–H and O–H groups in total. The fraction of sp³-hybridized carbons (Fsp3) is 0.250. The fourth-order valence-electron chi connectivity index (χ4n) is 3.38. The van der Waals surface area contributed by atoms with Crippen LogP contribution in [-0.4, -0.2) is 38.2 Å². The summed E-state index contributed by atoms with van der Waals surface area (Å²) < 4.78 is 13.1. The lowest BCUT2D eigenvalue weighted by Gasteiger charge is -2.13. The molecule has 0 atom stereocenters. The van der Waals surface area contributed by atoms with Crippen molar-refractivity contribution in [2.24, 2.45) is 0 Å². The number of hydrogen-bond acceptors (Lipinski definition) is 7. The van der Waals surface area contributed by atoms with E-state index in [-0.39, 0.29) is 22.9 Å². The molecular formula is C24H23N3O4S2. The number of aromatic nitrogens is 2. The maximum Gasteiger partial charge on any atom is 0.269 e. The molecule has 170 valence electrons. The minimum atomic E-state index is -0.333. The zero-order valence-electron chi connectivity index (χ0n) is 18.3. The molecule has 4 rings (SSSR count). The Balaban J connectivity index is 1.75. The van der Waals surface area contributed by atoms with Crippen LogP contribution in [0.1, 0.15) is 31.7 Å². The minimum absolute atomic E-state index is 0.118. The van der Waals surface area contributed by atoms with Crippen LogP contribution in [0.25, 0.3) is 11.7 Å². The Hall–Kier alpha value is -3.17.